The second-order valence-corrected chi connectivity index (χ2v) is 3.55. The Bertz CT molecular complexity index is 394. The van der Waals surface area contributed by atoms with Gasteiger partial charge in [0.2, 0.25) is 0 Å². The molecular weight excluding hydrogens is 200 g/mol. The largest absolute Gasteiger partial charge is 0.478 e. The quantitative estimate of drug-likeness (QED) is 0.762. The lowest BCUT2D eigenvalue weighted by molar-refractivity contribution is -0.132. The number of carboxylic acid groups (broad SMARTS) is 1. The van der Waals surface area contributed by atoms with Gasteiger partial charge < -0.3 is 5.11 Å². The monoisotopic (exact) mass is 210 g/mol. The third-order valence-corrected chi connectivity index (χ3v) is 2.33. The van der Waals surface area contributed by atoms with Crippen molar-refractivity contribution < 1.29 is 9.90 Å². The van der Waals surface area contributed by atoms with Crippen LogP contribution in [0.5, 0.6) is 0 Å². The number of hydrogen-bond acceptors (Lipinski definition) is 1. The van der Waals surface area contributed by atoms with E-state index >= 15 is 0 Å². The van der Waals surface area contributed by atoms with Crippen LogP contribution >= 0.6 is 11.6 Å². The normalized spacial score (nSPS) is 11.5. The van der Waals surface area contributed by atoms with Crippen LogP contribution < -0.4 is 0 Å². The molecule has 0 saturated carbocycles. The van der Waals surface area contributed by atoms with Crippen LogP contribution in [0, 0.1) is 6.92 Å². The first kappa shape index (κ1) is 10.8. The van der Waals surface area contributed by atoms with Crippen molar-refractivity contribution in [2.75, 3.05) is 0 Å². The molecule has 1 N–H and O–H groups in total. The Balaban J connectivity index is 3.04. The van der Waals surface area contributed by atoms with E-state index in [2.05, 4.69) is 0 Å². The maximum atomic E-state index is 10.6. The SMILES string of the molecule is C/C(=C\c1ccc(Cl)c(C)c1)C(=O)O. The average Bonchev–Trinajstić information content (AvgIpc) is 2.11. The Kier molecular flexibility index (Phi) is 3.31. The molecule has 2 nitrogen and oxygen atoms in total. The van der Waals surface area contributed by atoms with E-state index in [4.69, 9.17) is 16.7 Å². The molecular formula is C11H11ClO2. The van der Waals surface area contributed by atoms with Gasteiger partial charge in [-0.1, -0.05) is 23.7 Å². The van der Waals surface area contributed by atoms with Crippen molar-refractivity contribution in [2.24, 2.45) is 0 Å². The van der Waals surface area contributed by atoms with Gasteiger partial charge in [-0.15, -0.1) is 0 Å². The number of carboxylic acids is 1. The summed E-state index contributed by atoms with van der Waals surface area (Å²) in [4.78, 5) is 10.6. The molecule has 1 aromatic carbocycles. The zero-order valence-corrected chi connectivity index (χ0v) is 8.80. The Labute approximate surface area is 87.8 Å². The Morgan fingerprint density at radius 1 is 1.50 bits per heavy atom. The summed E-state index contributed by atoms with van der Waals surface area (Å²) < 4.78 is 0. The molecule has 0 amide bonds. The first-order valence-corrected chi connectivity index (χ1v) is 4.56. The molecule has 0 aromatic heterocycles. The van der Waals surface area contributed by atoms with Crippen molar-refractivity contribution in [3.8, 4) is 0 Å². The minimum Gasteiger partial charge on any atom is -0.478 e. The molecule has 1 rings (SSSR count). The average molecular weight is 211 g/mol. The lowest BCUT2D eigenvalue weighted by atomic mass is 10.1. The zero-order chi connectivity index (χ0) is 10.7. The molecule has 0 radical (unpaired) electrons. The summed E-state index contributed by atoms with van der Waals surface area (Å²) >= 11 is 5.84. The van der Waals surface area contributed by atoms with Crippen molar-refractivity contribution >= 4 is 23.6 Å². The van der Waals surface area contributed by atoms with E-state index in [9.17, 15) is 4.79 Å². The highest BCUT2D eigenvalue weighted by Crippen LogP contribution is 2.17. The summed E-state index contributed by atoms with van der Waals surface area (Å²) in [5, 5.41) is 9.36. The van der Waals surface area contributed by atoms with Crippen molar-refractivity contribution in [3.63, 3.8) is 0 Å². The van der Waals surface area contributed by atoms with Crippen molar-refractivity contribution in [3.05, 3.63) is 39.9 Å². The maximum Gasteiger partial charge on any atom is 0.331 e. The van der Waals surface area contributed by atoms with Gasteiger partial charge in [0.15, 0.2) is 0 Å². The van der Waals surface area contributed by atoms with E-state index in [-0.39, 0.29) is 0 Å². The molecule has 14 heavy (non-hydrogen) atoms. The molecule has 0 spiro atoms. The molecule has 3 heteroatoms. The standard InChI is InChI=1S/C11H11ClO2/c1-7-5-9(3-4-10(7)12)6-8(2)11(13)14/h3-6H,1-2H3,(H,13,14)/b8-6+. The Morgan fingerprint density at radius 3 is 2.64 bits per heavy atom. The van der Waals surface area contributed by atoms with Gasteiger partial charge in [0.1, 0.15) is 0 Å². The summed E-state index contributed by atoms with van der Waals surface area (Å²) in [6.07, 6.45) is 1.62. The molecule has 74 valence electrons. The molecule has 0 atom stereocenters. The van der Waals surface area contributed by atoms with E-state index in [0.717, 1.165) is 11.1 Å². The van der Waals surface area contributed by atoms with Crippen LogP contribution in [0.1, 0.15) is 18.1 Å². The lowest BCUT2D eigenvalue weighted by Gasteiger charge is -2.00. The molecule has 0 aliphatic rings. The second kappa shape index (κ2) is 4.29. The first-order chi connectivity index (χ1) is 6.50. The fourth-order valence-electron chi connectivity index (χ4n) is 1.07. The van der Waals surface area contributed by atoms with Gasteiger partial charge in [-0.25, -0.2) is 4.79 Å². The van der Waals surface area contributed by atoms with Gasteiger partial charge in [0.05, 0.1) is 0 Å². The number of benzene rings is 1. The van der Waals surface area contributed by atoms with Crippen LogP contribution in [-0.2, 0) is 4.79 Å². The predicted molar refractivity (Wildman–Crippen MR) is 57.5 cm³/mol. The van der Waals surface area contributed by atoms with Gasteiger partial charge in [-0.2, -0.15) is 0 Å². The maximum absolute atomic E-state index is 10.6. The minimum atomic E-state index is -0.905. The van der Waals surface area contributed by atoms with E-state index in [0.29, 0.717) is 10.6 Å². The first-order valence-electron chi connectivity index (χ1n) is 4.18. The van der Waals surface area contributed by atoms with Crippen LogP contribution in [0.15, 0.2) is 23.8 Å². The number of halogens is 1. The fourth-order valence-corrected chi connectivity index (χ4v) is 1.19. The molecule has 0 aliphatic carbocycles. The Hall–Kier alpha value is -1.28. The van der Waals surface area contributed by atoms with Gasteiger partial charge in [0.25, 0.3) is 0 Å². The van der Waals surface area contributed by atoms with Crippen molar-refractivity contribution in [2.45, 2.75) is 13.8 Å². The molecule has 0 aliphatic heterocycles. The van der Waals surface area contributed by atoms with Crippen LogP contribution in [0.3, 0.4) is 0 Å². The number of carbonyl (C=O) groups is 1. The third-order valence-electron chi connectivity index (χ3n) is 1.90. The zero-order valence-electron chi connectivity index (χ0n) is 8.04. The molecule has 0 unspecified atom stereocenters. The van der Waals surface area contributed by atoms with E-state index in [1.807, 2.05) is 13.0 Å². The Morgan fingerprint density at radius 2 is 2.14 bits per heavy atom. The summed E-state index contributed by atoms with van der Waals surface area (Å²) in [5.41, 5.74) is 2.11. The predicted octanol–water partition coefficient (Wildman–Crippen LogP) is 3.14. The smallest absolute Gasteiger partial charge is 0.331 e. The highest BCUT2D eigenvalue weighted by molar-refractivity contribution is 6.31. The summed E-state index contributed by atoms with van der Waals surface area (Å²) in [6.45, 7) is 3.45. The molecule has 0 saturated heterocycles. The van der Waals surface area contributed by atoms with Gasteiger partial charge in [-0.3, -0.25) is 0 Å². The number of hydrogen-bond donors (Lipinski definition) is 1. The van der Waals surface area contributed by atoms with Gasteiger partial charge in [-0.05, 0) is 37.1 Å². The van der Waals surface area contributed by atoms with Gasteiger partial charge in [0, 0.05) is 10.6 Å². The summed E-state index contributed by atoms with van der Waals surface area (Å²) in [7, 11) is 0. The van der Waals surface area contributed by atoms with Crippen LogP contribution in [-0.4, -0.2) is 11.1 Å². The summed E-state index contributed by atoms with van der Waals surface area (Å²) in [6, 6.07) is 5.41. The fraction of sp³-hybridized carbons (Fsp3) is 0.182. The number of rotatable bonds is 2. The minimum absolute atomic E-state index is 0.312. The van der Waals surface area contributed by atoms with E-state index < -0.39 is 5.97 Å². The van der Waals surface area contributed by atoms with E-state index in [1.165, 1.54) is 0 Å². The van der Waals surface area contributed by atoms with Crippen LogP contribution in [0.2, 0.25) is 5.02 Å². The second-order valence-electron chi connectivity index (χ2n) is 3.14. The van der Waals surface area contributed by atoms with Crippen molar-refractivity contribution in [1.29, 1.82) is 0 Å². The van der Waals surface area contributed by atoms with E-state index in [1.54, 1.807) is 25.1 Å². The topological polar surface area (TPSA) is 37.3 Å². The van der Waals surface area contributed by atoms with Gasteiger partial charge >= 0.3 is 5.97 Å². The number of aliphatic carboxylic acids is 1. The number of aryl methyl sites for hydroxylation is 1. The highest BCUT2D eigenvalue weighted by Gasteiger charge is 2.00. The van der Waals surface area contributed by atoms with Crippen LogP contribution in [0.25, 0.3) is 6.08 Å². The van der Waals surface area contributed by atoms with Crippen molar-refractivity contribution in [1.82, 2.24) is 0 Å². The van der Waals surface area contributed by atoms with Crippen LogP contribution in [0.4, 0.5) is 0 Å². The molecule has 1 aromatic rings. The molecule has 0 heterocycles. The molecule has 0 bridgehead atoms. The summed E-state index contributed by atoms with van der Waals surface area (Å²) in [5.74, 6) is -0.905. The third kappa shape index (κ3) is 2.60. The lowest BCUT2D eigenvalue weighted by Crippen LogP contribution is -1.95. The molecule has 0 fully saturated rings. The highest BCUT2D eigenvalue weighted by atomic mass is 35.5.